The molecule has 820 valence electrons. The molecule has 2 saturated heterocycles. The van der Waals surface area contributed by atoms with E-state index in [4.69, 9.17) is 43.0 Å². The Labute approximate surface area is 884 Å². The highest BCUT2D eigenvalue weighted by molar-refractivity contribution is 5.82. The van der Waals surface area contributed by atoms with Gasteiger partial charge in [0.05, 0.1) is 60.9 Å². The lowest BCUT2D eigenvalue weighted by Crippen LogP contribution is -2.58. The first-order valence-electron chi connectivity index (χ1n) is 63.3. The molecule has 0 radical (unpaired) electrons. The minimum atomic E-state index is -0.642. The Morgan fingerprint density at radius 1 is 0.320 bits per heavy atom. The molecule has 0 spiro atoms. The summed E-state index contributed by atoms with van der Waals surface area (Å²) in [6, 6.07) is 0. The van der Waals surface area contributed by atoms with Gasteiger partial charge in [-0.15, -0.1) is 0 Å². The smallest absolute Gasteiger partial charge is 0.347 e. The van der Waals surface area contributed by atoms with Crippen molar-refractivity contribution in [3.63, 3.8) is 0 Å². The monoisotopic (exact) mass is 2030 g/mol. The fourth-order valence-corrected chi connectivity index (χ4v) is 49.4. The highest BCUT2D eigenvalue weighted by Crippen LogP contribution is 2.79. The maximum Gasteiger partial charge on any atom is 0.347 e. The van der Waals surface area contributed by atoms with E-state index in [1.54, 1.807) is 6.92 Å². The Balaban J connectivity index is 0.0000000900. The molecule has 0 aromatic rings. The van der Waals surface area contributed by atoms with Crippen LogP contribution >= 0.6 is 0 Å². The van der Waals surface area contributed by atoms with Crippen LogP contribution in [0.4, 0.5) is 0 Å². The number of aliphatic hydroxyl groups excluding tert-OH is 2. The van der Waals surface area contributed by atoms with Gasteiger partial charge in [-0.2, -0.15) is 0 Å². The zero-order valence-electron chi connectivity index (χ0n) is 94.8. The molecule has 147 heavy (non-hydrogen) atoms. The molecule has 30 bridgehead atoms. The Bertz CT molecular complexity index is 4800. The van der Waals surface area contributed by atoms with Crippen LogP contribution in [0.25, 0.3) is 0 Å². The van der Waals surface area contributed by atoms with E-state index in [2.05, 4.69) is 104 Å². The first-order chi connectivity index (χ1) is 69.9. The van der Waals surface area contributed by atoms with Gasteiger partial charge in [-0.1, -0.05) is 96.9 Å². The number of carbonyl (C=O) groups excluding carboxylic acids is 7. The summed E-state index contributed by atoms with van der Waals surface area (Å²) in [5.41, 5.74) is -0.814. The third kappa shape index (κ3) is 16.6. The molecule has 0 aromatic carbocycles. The van der Waals surface area contributed by atoms with E-state index >= 15 is 0 Å². The maximum absolute atomic E-state index is 13.6. The summed E-state index contributed by atoms with van der Waals surface area (Å²) < 4.78 is 44.9. The molecule has 2 heterocycles. The highest BCUT2D eigenvalue weighted by atomic mass is 16.7. The van der Waals surface area contributed by atoms with Gasteiger partial charge in [0, 0.05) is 12.8 Å². The number of esters is 7. The fourth-order valence-electron chi connectivity index (χ4n) is 49.4. The van der Waals surface area contributed by atoms with E-state index in [-0.39, 0.29) is 113 Å². The topological polar surface area (TPSA) is 234 Å². The Hall–Kier alpha value is -3.83. The largest absolute Gasteiger partial charge is 0.463 e. The van der Waals surface area contributed by atoms with E-state index in [1.165, 1.54) is 116 Å². The van der Waals surface area contributed by atoms with Gasteiger partial charge in [0.2, 0.25) is 12.4 Å². The molecule has 17 nitrogen and oxygen atoms in total. The second-order valence-corrected chi connectivity index (χ2v) is 62.4. The molecule has 62 atom stereocenters. The van der Waals surface area contributed by atoms with Crippen LogP contribution in [0.5, 0.6) is 0 Å². The normalized spacial score (nSPS) is 57.4. The van der Waals surface area contributed by atoms with Gasteiger partial charge in [0.15, 0.2) is 0 Å². The van der Waals surface area contributed by atoms with E-state index in [9.17, 15) is 38.7 Å². The first kappa shape index (κ1) is 104. The van der Waals surface area contributed by atoms with Crippen LogP contribution in [0.1, 0.15) is 339 Å². The highest BCUT2D eigenvalue weighted by Gasteiger charge is 2.75. The van der Waals surface area contributed by atoms with E-state index < -0.39 is 12.2 Å². The molecular weight excluding hydrogens is 1830 g/mol. The summed E-state index contributed by atoms with van der Waals surface area (Å²) in [4.78, 5) is 87.5. The Kier molecular flexibility index (Phi) is 26.7. The zero-order chi connectivity index (χ0) is 103. The third-order valence-corrected chi connectivity index (χ3v) is 55.6. The van der Waals surface area contributed by atoms with Gasteiger partial charge in [0.1, 0.15) is 23.4 Å². The van der Waals surface area contributed by atoms with Crippen molar-refractivity contribution >= 4 is 41.8 Å². The molecule has 62 unspecified atom stereocenters. The number of fused-ring (bicyclic) bond motifs is 56. The van der Waals surface area contributed by atoms with Crippen molar-refractivity contribution in [1.82, 2.24) is 0 Å². The first-order valence-corrected chi connectivity index (χ1v) is 63.3. The summed E-state index contributed by atoms with van der Waals surface area (Å²) in [5, 5.41) is 19.1. The van der Waals surface area contributed by atoms with Gasteiger partial charge < -0.3 is 48.1 Å². The summed E-state index contributed by atoms with van der Waals surface area (Å²) in [6.07, 6.45) is 34.4. The van der Waals surface area contributed by atoms with Gasteiger partial charge in [-0.25, -0.2) is 4.79 Å². The second kappa shape index (κ2) is 38.0. The number of ether oxygens (including phenoxy) is 8. The molecule has 17 heteroatoms. The average Bonchev–Trinajstić information content (AvgIpc) is 1.52. The van der Waals surface area contributed by atoms with Crippen LogP contribution in [0, 0.1) is 367 Å². The Morgan fingerprint density at radius 2 is 0.619 bits per heavy atom. The van der Waals surface area contributed by atoms with Crippen molar-refractivity contribution in [1.29, 1.82) is 0 Å². The fraction of sp³-hybridized carbons (Fsp3) is 0.946. The van der Waals surface area contributed by atoms with Crippen LogP contribution in [0.3, 0.4) is 0 Å². The van der Waals surface area contributed by atoms with Crippen molar-refractivity contribution in [3.8, 4) is 0 Å². The number of hydrogen-bond acceptors (Lipinski definition) is 17. The molecule has 0 aromatic heterocycles. The summed E-state index contributed by atoms with van der Waals surface area (Å²) in [6.45, 7) is 51.3. The van der Waals surface area contributed by atoms with Gasteiger partial charge in [0.25, 0.3) is 0 Å². The molecule has 0 amide bonds. The molecule has 32 rings (SSSR count). The van der Waals surface area contributed by atoms with Crippen LogP contribution in [-0.2, 0) is 71.5 Å². The van der Waals surface area contributed by atoms with E-state index in [0.717, 1.165) is 337 Å². The van der Waals surface area contributed by atoms with Crippen LogP contribution < -0.4 is 0 Å². The van der Waals surface area contributed by atoms with Gasteiger partial charge >= 0.3 is 41.8 Å². The lowest BCUT2D eigenvalue weighted by Gasteiger charge is -2.59. The molecule has 32 fully saturated rings. The predicted molar refractivity (Wildman–Crippen MR) is 561 cm³/mol. The predicted octanol–water partition coefficient (Wildman–Crippen LogP) is 24.7. The minimum Gasteiger partial charge on any atom is -0.463 e. The van der Waals surface area contributed by atoms with Crippen molar-refractivity contribution in [2.75, 3.05) is 19.8 Å². The van der Waals surface area contributed by atoms with Gasteiger partial charge in [-0.3, -0.25) is 28.8 Å². The quantitative estimate of drug-likeness (QED) is 0.111. The van der Waals surface area contributed by atoms with Crippen molar-refractivity contribution in [2.24, 2.45) is 367 Å². The summed E-state index contributed by atoms with van der Waals surface area (Å²) in [7, 11) is 0. The third-order valence-electron chi connectivity index (χ3n) is 55.6. The molecular formula is C130H198O17. The van der Waals surface area contributed by atoms with Crippen molar-refractivity contribution in [3.05, 3.63) is 0 Å². The molecule has 30 saturated carbocycles. The SMILES string of the molecule is CC(O)COC(=O)C1CC2CC1C(C)C2C.CC1C(C)C2CC1C1C3CC(C(=O)OC(C)(C)C)C(C3)C21.CC1C(C)C2CC1C1C3CC(C(=O)OC(C)(C)C)C(C3)C21.CC1C(C)C2CC1C1C3CC(C(=O)OC4(C)C5CC6CC(C5)CC4C6)C(C3)C21.CC1C(C)C2CC1C1C3CC(C(=O)OC4CCCCO4)C(C3)C21.CC1C(C)C2CC1C1C3CC(C(=O)OC4CCOC4=O)C(C3)C21.CC1C(C)C2CC1C1C3CC(O)C(C3)C21. The lowest BCUT2D eigenvalue weighted by atomic mass is 9.50. The summed E-state index contributed by atoms with van der Waals surface area (Å²) in [5.74, 6) is 48.0. The number of rotatable bonds is 11. The van der Waals surface area contributed by atoms with Crippen LogP contribution in [0.2, 0.25) is 0 Å². The summed E-state index contributed by atoms with van der Waals surface area (Å²) >= 11 is 0. The molecule has 30 aliphatic carbocycles. The second-order valence-electron chi connectivity index (χ2n) is 62.4. The maximum atomic E-state index is 13.6. The average molecular weight is 2030 g/mol. The standard InChI is InChI=1S/C26H38O2.C20H30O3.C19H26O4.2C19H30O2.C14H22O.C13H22O3/c1-12-13(2)20-11-19(12)23-16-9-21(24(20)23)22(10-16)25(27)28-26(3)17-5-14-4-15(7-17)8-18(26)6-14;1-10-11(2)14-9-13(10)18-12-7-15(19(14)18)16(8-12)20(21)23-17-5-3-4-6-22-17;1-8-9(2)12-7-11(8)16-10-5-13(17(12)16)14(6-10)18(20)23-15-3-4-22-19(15)21;2*1-9-10(2)13-8-12(9)16-11-6-14(17(13)16)15(7-11)18(20)21-19(3,4)5;1-6-7(2)10-5-9(6)13-8-3-11(14(10)13)12(15)4-8;1-7(14)6-16-13(15)12-5-10-4-11(12)9(3)8(10)2/h12-24H,4-11H2,1-3H3;10-19H,3-9H2,1-2H3;8-17H,3-7H2,1-2H3;2*9-17H,6-8H2,1-5H3;6-15H,3-5H2,1-2H3;7-12,14H,4-6H2,1-3H3. The molecule has 2 aliphatic heterocycles. The van der Waals surface area contributed by atoms with Gasteiger partial charge in [-0.05, 0) is 560 Å². The molecule has 2 N–H and O–H groups in total. The van der Waals surface area contributed by atoms with Crippen molar-refractivity contribution < 1.29 is 81.7 Å². The Morgan fingerprint density at radius 3 is 0.939 bits per heavy atom. The van der Waals surface area contributed by atoms with Crippen LogP contribution in [-0.4, -0.2) is 113 Å². The minimum absolute atomic E-state index is 0.0384. The molecule has 32 aliphatic rings. The zero-order valence-corrected chi connectivity index (χ0v) is 94.8. The van der Waals surface area contributed by atoms with Crippen LogP contribution in [0.15, 0.2) is 0 Å². The van der Waals surface area contributed by atoms with E-state index in [0.29, 0.717) is 78.1 Å². The number of hydrogen-bond donors (Lipinski definition) is 2. The van der Waals surface area contributed by atoms with E-state index in [1.807, 2.05) is 41.5 Å². The lowest BCUT2D eigenvalue weighted by molar-refractivity contribution is -0.209. The number of aliphatic hydroxyl groups is 2. The van der Waals surface area contributed by atoms with Crippen molar-refractivity contribution in [2.45, 2.75) is 380 Å². The number of cyclic esters (lactones) is 1. The number of carbonyl (C=O) groups is 7.